The maximum Gasteiger partial charge on any atom is 0.432 e. The summed E-state index contributed by atoms with van der Waals surface area (Å²) in [4.78, 5) is 12.7. The van der Waals surface area contributed by atoms with Crippen LogP contribution in [-0.2, 0) is 6.18 Å². The highest BCUT2D eigenvalue weighted by molar-refractivity contribution is 5.96. The molecule has 8 heteroatoms. The molecule has 3 rings (SSSR count). The summed E-state index contributed by atoms with van der Waals surface area (Å²) >= 11 is 0. The summed E-state index contributed by atoms with van der Waals surface area (Å²) in [6.45, 7) is 1.92. The number of benzene rings is 1. The normalized spacial score (nSPS) is 17.2. The maximum atomic E-state index is 12.8. The predicted octanol–water partition coefficient (Wildman–Crippen LogP) is 4.22. The van der Waals surface area contributed by atoms with Gasteiger partial charge in [-0.15, -0.1) is 0 Å². The van der Waals surface area contributed by atoms with E-state index in [9.17, 15) is 23.1 Å². The van der Waals surface area contributed by atoms with Crippen molar-refractivity contribution in [1.29, 1.82) is 0 Å². The van der Waals surface area contributed by atoms with E-state index in [4.69, 9.17) is 0 Å². The number of rotatable bonds is 4. The topological polar surface area (TPSA) is 78.0 Å². The molecule has 0 unspecified atom stereocenters. The number of aromatic nitrogens is 2. The Hall–Kier alpha value is -2.35. The SMILES string of the molecule is Cc1ccc(-c2cc(C(F)(F)F)[nH]n2)cc1C(=O)NCC1(O)CCCCCC1. The minimum atomic E-state index is -4.51. The monoisotopic (exact) mass is 395 g/mol. The number of carbonyl (C=O) groups is 1. The summed E-state index contributed by atoms with van der Waals surface area (Å²) in [5, 5.41) is 19.2. The Morgan fingerprint density at radius 1 is 1.21 bits per heavy atom. The first-order valence-electron chi connectivity index (χ1n) is 9.42. The number of carbonyl (C=O) groups excluding carboxylic acids is 1. The molecule has 0 aliphatic heterocycles. The minimum Gasteiger partial charge on any atom is -0.388 e. The number of nitrogens with one attached hydrogen (secondary N) is 2. The molecule has 1 heterocycles. The van der Waals surface area contributed by atoms with Crippen LogP contribution in [0.25, 0.3) is 11.3 Å². The fourth-order valence-corrected chi connectivity index (χ4v) is 3.54. The number of aromatic amines is 1. The molecule has 0 spiro atoms. The Bertz CT molecular complexity index is 837. The van der Waals surface area contributed by atoms with E-state index in [1.807, 2.05) is 5.10 Å². The Morgan fingerprint density at radius 2 is 1.89 bits per heavy atom. The number of halogens is 3. The van der Waals surface area contributed by atoms with Crippen molar-refractivity contribution in [1.82, 2.24) is 15.5 Å². The molecule has 28 heavy (non-hydrogen) atoms. The predicted molar refractivity (Wildman–Crippen MR) is 98.7 cm³/mol. The zero-order valence-corrected chi connectivity index (χ0v) is 15.7. The second-order valence-corrected chi connectivity index (χ2v) is 7.52. The molecule has 0 bridgehead atoms. The second kappa shape index (κ2) is 7.95. The van der Waals surface area contributed by atoms with Crippen molar-refractivity contribution in [3.8, 4) is 11.3 Å². The van der Waals surface area contributed by atoms with E-state index in [1.54, 1.807) is 19.1 Å². The number of aliphatic hydroxyl groups is 1. The van der Waals surface area contributed by atoms with E-state index < -0.39 is 17.5 Å². The van der Waals surface area contributed by atoms with Gasteiger partial charge < -0.3 is 10.4 Å². The van der Waals surface area contributed by atoms with Crippen molar-refractivity contribution in [3.63, 3.8) is 0 Å². The summed E-state index contributed by atoms with van der Waals surface area (Å²) in [7, 11) is 0. The maximum absolute atomic E-state index is 12.8. The third-order valence-electron chi connectivity index (χ3n) is 5.27. The Morgan fingerprint density at radius 3 is 2.50 bits per heavy atom. The molecule has 1 amide bonds. The summed E-state index contributed by atoms with van der Waals surface area (Å²) in [6, 6.07) is 5.74. The van der Waals surface area contributed by atoms with Crippen LogP contribution in [0.4, 0.5) is 13.2 Å². The van der Waals surface area contributed by atoms with Crippen molar-refractivity contribution in [3.05, 3.63) is 41.1 Å². The number of alkyl halides is 3. The Balaban J connectivity index is 1.75. The quantitative estimate of drug-likeness (QED) is 0.679. The second-order valence-electron chi connectivity index (χ2n) is 7.52. The molecule has 1 aromatic heterocycles. The van der Waals surface area contributed by atoms with Crippen LogP contribution in [-0.4, -0.2) is 33.4 Å². The van der Waals surface area contributed by atoms with E-state index in [0.29, 0.717) is 29.5 Å². The highest BCUT2D eigenvalue weighted by atomic mass is 19.4. The standard InChI is InChI=1S/C20H24F3N3O2/c1-13-6-7-14(16-11-17(26-25-16)20(21,22)23)10-15(13)18(27)24-12-19(28)8-4-2-3-5-9-19/h6-7,10-11,28H,2-5,8-9,12H2,1H3,(H,24,27)(H,25,26). The smallest absolute Gasteiger partial charge is 0.388 e. The number of hydrogen-bond donors (Lipinski definition) is 3. The third-order valence-corrected chi connectivity index (χ3v) is 5.27. The molecule has 3 N–H and O–H groups in total. The lowest BCUT2D eigenvalue weighted by Crippen LogP contribution is -2.42. The minimum absolute atomic E-state index is 0.115. The average Bonchev–Trinajstić information content (AvgIpc) is 3.04. The number of amides is 1. The molecule has 0 radical (unpaired) electrons. The van der Waals surface area contributed by atoms with Crippen LogP contribution < -0.4 is 5.32 Å². The van der Waals surface area contributed by atoms with Crippen LogP contribution >= 0.6 is 0 Å². The zero-order valence-electron chi connectivity index (χ0n) is 15.7. The van der Waals surface area contributed by atoms with Gasteiger partial charge in [-0.1, -0.05) is 37.8 Å². The number of nitrogens with zero attached hydrogens (tertiary/aromatic N) is 1. The van der Waals surface area contributed by atoms with Gasteiger partial charge in [-0.2, -0.15) is 18.3 Å². The van der Waals surface area contributed by atoms with Crippen LogP contribution in [0.3, 0.4) is 0 Å². The highest BCUT2D eigenvalue weighted by Crippen LogP contribution is 2.31. The van der Waals surface area contributed by atoms with Crippen molar-refractivity contribution >= 4 is 5.91 Å². The Kier molecular flexibility index (Phi) is 5.79. The molecular weight excluding hydrogens is 371 g/mol. The largest absolute Gasteiger partial charge is 0.432 e. The Labute approximate surface area is 161 Å². The first-order valence-corrected chi connectivity index (χ1v) is 9.42. The van der Waals surface area contributed by atoms with E-state index in [-0.39, 0.29) is 18.1 Å². The first-order chi connectivity index (χ1) is 13.2. The van der Waals surface area contributed by atoms with Gasteiger partial charge in [-0.3, -0.25) is 9.89 Å². The van der Waals surface area contributed by atoms with E-state index in [2.05, 4.69) is 10.4 Å². The van der Waals surface area contributed by atoms with Crippen LogP contribution in [0.15, 0.2) is 24.3 Å². The van der Waals surface area contributed by atoms with Gasteiger partial charge in [0.2, 0.25) is 0 Å². The van der Waals surface area contributed by atoms with Crippen molar-refractivity contribution in [2.45, 2.75) is 57.2 Å². The van der Waals surface area contributed by atoms with Crippen LogP contribution in [0.2, 0.25) is 0 Å². The summed E-state index contributed by atoms with van der Waals surface area (Å²) in [5.41, 5.74) is -0.266. The third kappa shape index (κ3) is 4.73. The first kappa shape index (κ1) is 20.4. The van der Waals surface area contributed by atoms with Gasteiger partial charge in [0.25, 0.3) is 5.91 Å². The van der Waals surface area contributed by atoms with E-state index in [1.165, 1.54) is 6.07 Å². The molecule has 5 nitrogen and oxygen atoms in total. The van der Waals surface area contributed by atoms with Gasteiger partial charge >= 0.3 is 6.18 Å². The van der Waals surface area contributed by atoms with Crippen LogP contribution in [0.5, 0.6) is 0 Å². The molecule has 0 saturated heterocycles. The average molecular weight is 395 g/mol. The molecule has 2 aromatic rings. The number of H-pyrrole nitrogens is 1. The van der Waals surface area contributed by atoms with Gasteiger partial charge in [0, 0.05) is 17.7 Å². The number of aryl methyl sites for hydroxylation is 1. The van der Waals surface area contributed by atoms with Crippen molar-refractivity contribution in [2.24, 2.45) is 0 Å². The van der Waals surface area contributed by atoms with Gasteiger partial charge in [0.05, 0.1) is 11.3 Å². The summed E-state index contributed by atoms with van der Waals surface area (Å²) < 4.78 is 38.3. The summed E-state index contributed by atoms with van der Waals surface area (Å²) in [6.07, 6.45) is 0.828. The zero-order chi connectivity index (χ0) is 20.4. The van der Waals surface area contributed by atoms with Gasteiger partial charge in [0.1, 0.15) is 5.69 Å². The lowest BCUT2D eigenvalue weighted by Gasteiger charge is -2.27. The van der Waals surface area contributed by atoms with Crippen LogP contribution in [0, 0.1) is 6.92 Å². The molecule has 1 saturated carbocycles. The molecule has 1 fully saturated rings. The van der Waals surface area contributed by atoms with Gasteiger partial charge in [-0.25, -0.2) is 0 Å². The molecule has 1 aromatic carbocycles. The van der Waals surface area contributed by atoms with E-state index >= 15 is 0 Å². The lowest BCUT2D eigenvalue weighted by molar-refractivity contribution is -0.141. The van der Waals surface area contributed by atoms with Gasteiger partial charge in [0.15, 0.2) is 0 Å². The van der Waals surface area contributed by atoms with Crippen LogP contribution in [0.1, 0.15) is 60.1 Å². The fraction of sp³-hybridized carbons (Fsp3) is 0.500. The summed E-state index contributed by atoms with van der Waals surface area (Å²) in [5.74, 6) is -0.358. The molecule has 1 aliphatic carbocycles. The molecule has 152 valence electrons. The van der Waals surface area contributed by atoms with Crippen molar-refractivity contribution in [2.75, 3.05) is 6.54 Å². The molecular formula is C20H24F3N3O2. The lowest BCUT2D eigenvalue weighted by atomic mass is 9.94. The highest BCUT2D eigenvalue weighted by Gasteiger charge is 2.33. The molecule has 0 atom stereocenters. The number of hydrogen-bond acceptors (Lipinski definition) is 3. The molecule has 1 aliphatic rings. The van der Waals surface area contributed by atoms with Crippen molar-refractivity contribution < 1.29 is 23.1 Å². The van der Waals surface area contributed by atoms with Gasteiger partial charge in [-0.05, 0) is 37.5 Å². The fourth-order valence-electron chi connectivity index (χ4n) is 3.54. The van der Waals surface area contributed by atoms with E-state index in [0.717, 1.165) is 31.7 Å².